The van der Waals surface area contributed by atoms with Gasteiger partial charge in [-0.2, -0.15) is 4.98 Å². The lowest BCUT2D eigenvalue weighted by Crippen LogP contribution is -2.43. The van der Waals surface area contributed by atoms with Crippen LogP contribution in [-0.2, 0) is 14.3 Å². The number of ether oxygens (including phenoxy) is 4. The number of fused-ring (bicyclic) bond motifs is 1. The Balaban J connectivity index is 1.53. The van der Waals surface area contributed by atoms with Crippen LogP contribution in [0.3, 0.4) is 0 Å². The van der Waals surface area contributed by atoms with Crippen LogP contribution in [-0.4, -0.2) is 83.4 Å². The molecule has 1 fully saturated rings. The minimum absolute atomic E-state index is 0.130. The molecule has 1 atom stereocenters. The van der Waals surface area contributed by atoms with E-state index >= 15 is 0 Å². The predicted molar refractivity (Wildman–Crippen MR) is 180 cm³/mol. The molecule has 0 spiro atoms. The summed E-state index contributed by atoms with van der Waals surface area (Å²) in [5.41, 5.74) is 2.35. The van der Waals surface area contributed by atoms with E-state index in [0.29, 0.717) is 94.9 Å². The van der Waals surface area contributed by atoms with Gasteiger partial charge < -0.3 is 34.5 Å². The molecule has 2 amide bonds. The summed E-state index contributed by atoms with van der Waals surface area (Å²) in [4.78, 5) is 33.4. The molecule has 3 aromatic rings. The van der Waals surface area contributed by atoms with E-state index in [9.17, 15) is 9.59 Å². The van der Waals surface area contributed by atoms with Crippen molar-refractivity contribution < 1.29 is 28.5 Å². The molecule has 12 nitrogen and oxygen atoms in total. The quantitative estimate of drug-likeness (QED) is 0.219. The number of nitrogens with zero attached hydrogens (tertiary/aromatic N) is 4. The molecule has 2 aliphatic rings. The van der Waals surface area contributed by atoms with Crippen LogP contribution in [0.15, 0.2) is 57.3 Å². The van der Waals surface area contributed by atoms with Gasteiger partial charge in [0.25, 0.3) is 11.8 Å². The zero-order valence-electron chi connectivity index (χ0n) is 26.4. The second kappa shape index (κ2) is 15.7. The number of thioether (sulfide) groups is 1. The minimum atomic E-state index is -0.668. The average Bonchev–Trinajstić information content (AvgIpc) is 3.46. The van der Waals surface area contributed by atoms with Crippen LogP contribution >= 0.6 is 27.7 Å². The van der Waals surface area contributed by atoms with Gasteiger partial charge in [-0.15, -0.1) is 5.10 Å². The number of hydrogen-bond acceptors (Lipinski definition) is 10. The summed E-state index contributed by atoms with van der Waals surface area (Å²) in [6, 6.07) is 10.4. The third-order valence-corrected chi connectivity index (χ3v) is 8.93. The zero-order valence-corrected chi connectivity index (χ0v) is 28.8. The van der Waals surface area contributed by atoms with Crippen molar-refractivity contribution in [3.05, 3.63) is 57.7 Å². The van der Waals surface area contributed by atoms with Crippen molar-refractivity contribution in [2.24, 2.45) is 0 Å². The number of halogens is 1. The standard InChI is InChI=1S/C32H39BrN6O6S/c1-5-16-46-32-36-31-34-20(4)27(30(41)35-23-10-8-9-11-24(23)43-6-2)28(39(31)37-32)21-17-22(33)29(25(18-21)44-7-3)45-19-26(40)38-12-14-42-15-13-38/h8-11,17-18,28H,5-7,12-16,19H2,1-4H3,(H,35,41)(H,34,36,37). The Kier molecular flexibility index (Phi) is 11.5. The number of amides is 2. The van der Waals surface area contributed by atoms with Crippen LogP contribution in [0.5, 0.6) is 17.2 Å². The first kappa shape index (κ1) is 33.6. The molecule has 2 aliphatic heterocycles. The number of hydrogen-bond donors (Lipinski definition) is 2. The first-order valence-corrected chi connectivity index (χ1v) is 17.2. The van der Waals surface area contributed by atoms with E-state index in [1.165, 1.54) is 0 Å². The third-order valence-electron chi connectivity index (χ3n) is 7.30. The van der Waals surface area contributed by atoms with Crippen molar-refractivity contribution in [1.82, 2.24) is 19.7 Å². The van der Waals surface area contributed by atoms with Gasteiger partial charge in [0.15, 0.2) is 18.1 Å². The lowest BCUT2D eigenvalue weighted by molar-refractivity contribution is -0.137. The van der Waals surface area contributed by atoms with Gasteiger partial charge in [0, 0.05) is 24.5 Å². The van der Waals surface area contributed by atoms with E-state index in [0.717, 1.165) is 12.2 Å². The predicted octanol–water partition coefficient (Wildman–Crippen LogP) is 5.51. The maximum Gasteiger partial charge on any atom is 0.260 e. The van der Waals surface area contributed by atoms with Crippen molar-refractivity contribution in [2.75, 3.05) is 62.5 Å². The number of carbonyl (C=O) groups excluding carboxylic acids is 2. The highest BCUT2D eigenvalue weighted by atomic mass is 79.9. The third kappa shape index (κ3) is 7.61. The number of rotatable bonds is 13. The second-order valence-corrected chi connectivity index (χ2v) is 12.4. The highest BCUT2D eigenvalue weighted by molar-refractivity contribution is 9.10. The molecule has 1 unspecified atom stereocenters. The molecule has 14 heteroatoms. The number of carbonyl (C=O) groups is 2. The van der Waals surface area contributed by atoms with Crippen molar-refractivity contribution in [3.8, 4) is 17.2 Å². The summed E-state index contributed by atoms with van der Waals surface area (Å²) >= 11 is 5.22. The molecule has 3 heterocycles. The van der Waals surface area contributed by atoms with Gasteiger partial charge in [-0.05, 0) is 73.0 Å². The maximum absolute atomic E-state index is 14.1. The molecule has 46 heavy (non-hydrogen) atoms. The van der Waals surface area contributed by atoms with E-state index in [4.69, 9.17) is 29.0 Å². The summed E-state index contributed by atoms with van der Waals surface area (Å²) < 4.78 is 25.5. The molecule has 0 saturated carbocycles. The molecule has 0 bridgehead atoms. The molecular weight excluding hydrogens is 676 g/mol. The molecule has 2 N–H and O–H groups in total. The van der Waals surface area contributed by atoms with Gasteiger partial charge in [-0.25, -0.2) is 4.68 Å². The number of allylic oxidation sites excluding steroid dienone is 1. The normalized spacial score (nSPS) is 16.0. The van der Waals surface area contributed by atoms with Gasteiger partial charge in [-0.3, -0.25) is 9.59 Å². The number of para-hydroxylation sites is 2. The fraction of sp³-hybridized carbons (Fsp3) is 0.438. The summed E-state index contributed by atoms with van der Waals surface area (Å²) in [5, 5.41) is 11.8. The molecule has 1 saturated heterocycles. The molecular formula is C32H39BrN6O6S. The van der Waals surface area contributed by atoms with E-state index < -0.39 is 6.04 Å². The highest BCUT2D eigenvalue weighted by Crippen LogP contribution is 2.43. The fourth-order valence-electron chi connectivity index (χ4n) is 5.22. The summed E-state index contributed by atoms with van der Waals surface area (Å²) in [7, 11) is 0. The van der Waals surface area contributed by atoms with E-state index in [2.05, 4.69) is 33.5 Å². The van der Waals surface area contributed by atoms with Gasteiger partial charge in [0.2, 0.25) is 11.1 Å². The van der Waals surface area contributed by atoms with Crippen molar-refractivity contribution >= 4 is 51.1 Å². The van der Waals surface area contributed by atoms with Crippen molar-refractivity contribution in [1.29, 1.82) is 0 Å². The Morgan fingerprint density at radius 3 is 2.57 bits per heavy atom. The number of benzene rings is 2. The Hall–Kier alpha value is -3.75. The Morgan fingerprint density at radius 1 is 1.09 bits per heavy atom. The number of anilines is 2. The highest BCUT2D eigenvalue weighted by Gasteiger charge is 2.36. The monoisotopic (exact) mass is 714 g/mol. The molecule has 0 aliphatic carbocycles. The van der Waals surface area contributed by atoms with Crippen LogP contribution < -0.4 is 24.8 Å². The van der Waals surface area contributed by atoms with E-state index in [1.807, 2.05) is 51.1 Å². The Morgan fingerprint density at radius 2 is 1.83 bits per heavy atom. The molecule has 0 radical (unpaired) electrons. The average molecular weight is 716 g/mol. The van der Waals surface area contributed by atoms with Crippen LogP contribution in [0.2, 0.25) is 0 Å². The summed E-state index contributed by atoms with van der Waals surface area (Å²) in [6.07, 6.45) is 0.968. The smallest absolute Gasteiger partial charge is 0.260 e. The summed E-state index contributed by atoms with van der Waals surface area (Å²) in [5.74, 6) is 2.34. The lowest BCUT2D eigenvalue weighted by Gasteiger charge is -2.30. The SMILES string of the molecule is CCCSc1nc2n(n1)C(c1cc(Br)c(OCC(=O)N3CCOCC3)c(OCC)c1)C(C(=O)Nc1ccccc1OCC)=C(C)N2. The van der Waals surface area contributed by atoms with Gasteiger partial charge in [0.1, 0.15) is 11.8 Å². The first-order valence-electron chi connectivity index (χ1n) is 15.4. The van der Waals surface area contributed by atoms with Gasteiger partial charge >= 0.3 is 0 Å². The van der Waals surface area contributed by atoms with Crippen molar-refractivity contribution in [3.63, 3.8) is 0 Å². The lowest BCUT2D eigenvalue weighted by atomic mass is 9.94. The summed E-state index contributed by atoms with van der Waals surface area (Å²) in [6.45, 7) is 10.5. The van der Waals surface area contributed by atoms with Crippen molar-refractivity contribution in [2.45, 2.75) is 45.3 Å². The minimum Gasteiger partial charge on any atom is -0.492 e. The van der Waals surface area contributed by atoms with Crippen LogP contribution in [0.4, 0.5) is 11.6 Å². The van der Waals surface area contributed by atoms with Crippen LogP contribution in [0, 0.1) is 0 Å². The fourth-order valence-corrected chi connectivity index (χ4v) is 6.47. The second-order valence-electron chi connectivity index (χ2n) is 10.5. The molecule has 5 rings (SSSR count). The van der Waals surface area contributed by atoms with Crippen LogP contribution in [0.25, 0.3) is 0 Å². The number of nitrogens with one attached hydrogen (secondary N) is 2. The van der Waals surface area contributed by atoms with Gasteiger partial charge in [-0.1, -0.05) is 30.8 Å². The first-order chi connectivity index (χ1) is 22.3. The molecule has 1 aromatic heterocycles. The van der Waals surface area contributed by atoms with E-state index in [1.54, 1.807) is 27.4 Å². The molecule has 246 valence electrons. The van der Waals surface area contributed by atoms with Gasteiger partial charge in [0.05, 0.1) is 42.2 Å². The maximum atomic E-state index is 14.1. The zero-order chi connectivity index (χ0) is 32.6. The molecule has 2 aromatic carbocycles. The Bertz CT molecular complexity index is 1590. The number of aromatic nitrogens is 3. The van der Waals surface area contributed by atoms with Crippen LogP contribution in [0.1, 0.15) is 45.7 Å². The topological polar surface area (TPSA) is 129 Å². The number of morpholine rings is 1. The largest absolute Gasteiger partial charge is 0.492 e. The van der Waals surface area contributed by atoms with E-state index in [-0.39, 0.29) is 18.4 Å². The Labute approximate surface area is 281 Å².